The summed E-state index contributed by atoms with van der Waals surface area (Å²) < 4.78 is 39.9. The molecule has 0 radical (unpaired) electrons. The second-order valence-electron chi connectivity index (χ2n) is 18.3. The number of fused-ring (bicyclic) bond motifs is 4. The van der Waals surface area contributed by atoms with Crippen molar-refractivity contribution in [2.75, 3.05) is 97.0 Å². The Labute approximate surface area is 439 Å². The molecule has 2 atom stereocenters. The summed E-state index contributed by atoms with van der Waals surface area (Å²) in [6.45, 7) is 18.6. The monoisotopic (exact) mass is 1060 g/mol. The lowest BCUT2D eigenvalue weighted by Gasteiger charge is -2.36. The summed E-state index contributed by atoms with van der Waals surface area (Å²) in [5, 5.41) is 23.0. The van der Waals surface area contributed by atoms with E-state index in [4.69, 9.17) is 41.3 Å². The molecule has 1 unspecified atom stereocenters. The number of primary amides is 1. The Hall–Kier alpha value is -6.07. The highest BCUT2D eigenvalue weighted by Crippen LogP contribution is 2.40. The van der Waals surface area contributed by atoms with Gasteiger partial charge in [0.1, 0.15) is 22.7 Å². The van der Waals surface area contributed by atoms with Crippen LogP contribution in [0.2, 0.25) is 5.02 Å². The standard InChI is InChI=1S/C52H67ClFN11O8S/c1-30(28-59-38-8-7-17-64(29-38)48-40(54)26-39(49(55)68)47-44(48)31(2)33(4)60-47)51(69)58-15-14-56-42(66)13-18-70-20-22-72-24-25-73-23-21-71-19-16-57-43(67)27-41-50-63-62-35(6)65(50)52-45(32(3)34(5)74-52)46(61-41)36-9-11-37(53)12-10-36/h9-12,26,38,41,59-60H,1,7-8,13-25,27-29H2,2-6H3,(H2,55,68)(H,56,66)(H,57,67)(H,58,69)/t38-,41?/m0/s1. The zero-order valence-corrected chi connectivity index (χ0v) is 44.3. The fraction of sp³-hybridized carbons (Fsp3) is 0.481. The molecule has 3 aromatic heterocycles. The molecule has 19 nitrogen and oxygen atoms in total. The molecule has 22 heteroatoms. The normalized spacial score (nSPS) is 15.3. The van der Waals surface area contributed by atoms with Crippen LogP contribution in [0.15, 0.2) is 47.5 Å². The number of aryl methyl sites for hydroxylation is 4. The van der Waals surface area contributed by atoms with Crippen molar-refractivity contribution in [1.82, 2.24) is 41.0 Å². The Morgan fingerprint density at radius 1 is 0.878 bits per heavy atom. The van der Waals surface area contributed by atoms with Gasteiger partial charge in [0.2, 0.25) is 17.7 Å². The van der Waals surface area contributed by atoms with E-state index < -0.39 is 17.8 Å². The second kappa shape index (κ2) is 26.4. The summed E-state index contributed by atoms with van der Waals surface area (Å²) in [7, 11) is 0. The molecule has 2 aliphatic heterocycles. The molecule has 2 aliphatic rings. The highest BCUT2D eigenvalue weighted by Gasteiger charge is 2.33. The number of carbonyl (C=O) groups excluding carboxylic acids is 4. The molecule has 0 spiro atoms. The van der Waals surface area contributed by atoms with Gasteiger partial charge < -0.3 is 55.8 Å². The number of nitrogens with zero attached hydrogens (tertiary/aromatic N) is 5. The molecule has 7 rings (SSSR count). The molecule has 398 valence electrons. The number of anilines is 1. The largest absolute Gasteiger partial charge is 0.379 e. The van der Waals surface area contributed by atoms with E-state index in [-0.39, 0.29) is 68.4 Å². The Morgan fingerprint density at radius 2 is 1.54 bits per heavy atom. The molecule has 4 amide bonds. The molecular formula is C52H67ClFN11O8S. The number of benzene rings is 2. The highest BCUT2D eigenvalue weighted by molar-refractivity contribution is 7.15. The van der Waals surface area contributed by atoms with Gasteiger partial charge in [0.25, 0.3) is 5.91 Å². The van der Waals surface area contributed by atoms with Gasteiger partial charge in [-0.15, -0.1) is 21.5 Å². The summed E-state index contributed by atoms with van der Waals surface area (Å²) in [6, 6.07) is 8.18. The molecule has 0 aliphatic carbocycles. The number of carbonyl (C=O) groups is 4. The van der Waals surface area contributed by atoms with Gasteiger partial charge in [-0.3, -0.25) is 28.7 Å². The molecule has 1 fully saturated rings. The summed E-state index contributed by atoms with van der Waals surface area (Å²) in [5.74, 6) is -0.578. The first-order valence-corrected chi connectivity index (χ1v) is 26.1. The fourth-order valence-electron chi connectivity index (χ4n) is 8.96. The Bertz CT molecular complexity index is 2850. The summed E-state index contributed by atoms with van der Waals surface area (Å²) in [5.41, 5.74) is 12.5. The zero-order chi connectivity index (χ0) is 52.9. The molecule has 7 N–H and O–H groups in total. The quantitative estimate of drug-likeness (QED) is 0.0296. The predicted molar refractivity (Wildman–Crippen MR) is 283 cm³/mol. The average Bonchev–Trinajstić information content (AvgIpc) is 3.98. The number of ether oxygens (including phenoxy) is 4. The lowest BCUT2D eigenvalue weighted by Crippen LogP contribution is -2.47. The number of thiophene rings is 1. The number of piperidine rings is 1. The third-order valence-corrected chi connectivity index (χ3v) is 14.5. The van der Waals surface area contributed by atoms with Crippen LogP contribution in [0.3, 0.4) is 0 Å². The minimum absolute atomic E-state index is 0.0289. The van der Waals surface area contributed by atoms with Gasteiger partial charge in [-0.25, -0.2) is 4.39 Å². The van der Waals surface area contributed by atoms with Crippen molar-refractivity contribution < 1.29 is 42.5 Å². The summed E-state index contributed by atoms with van der Waals surface area (Å²) in [6.07, 6.45) is 1.88. The van der Waals surface area contributed by atoms with Gasteiger partial charge in [0.05, 0.1) is 81.8 Å². The first-order chi connectivity index (χ1) is 35.6. The zero-order valence-electron chi connectivity index (χ0n) is 42.7. The maximum atomic E-state index is 15.6. The molecule has 2 aromatic carbocycles. The number of hydrogen-bond acceptors (Lipinski definition) is 14. The van der Waals surface area contributed by atoms with E-state index in [1.54, 1.807) is 11.3 Å². The Balaban J connectivity index is 0.681. The number of amides is 4. The number of aliphatic imine (C=N–C) groups is 1. The van der Waals surface area contributed by atoms with E-state index in [2.05, 4.69) is 56.9 Å². The van der Waals surface area contributed by atoms with Crippen molar-refractivity contribution in [2.24, 2.45) is 10.7 Å². The smallest absolute Gasteiger partial charge is 0.250 e. The van der Waals surface area contributed by atoms with Crippen LogP contribution in [-0.4, -0.2) is 147 Å². The Morgan fingerprint density at radius 3 is 2.24 bits per heavy atom. The van der Waals surface area contributed by atoms with Gasteiger partial charge in [0.15, 0.2) is 5.82 Å². The van der Waals surface area contributed by atoms with E-state index in [1.165, 1.54) is 10.9 Å². The minimum atomic E-state index is -0.697. The van der Waals surface area contributed by atoms with Crippen LogP contribution in [-0.2, 0) is 33.3 Å². The van der Waals surface area contributed by atoms with Crippen molar-refractivity contribution in [3.63, 3.8) is 0 Å². The third-order valence-electron chi connectivity index (χ3n) is 13.1. The molecule has 1 saturated heterocycles. The van der Waals surface area contributed by atoms with Crippen LogP contribution in [0.25, 0.3) is 15.9 Å². The fourth-order valence-corrected chi connectivity index (χ4v) is 10.3. The third kappa shape index (κ3) is 14.0. The average molecular weight is 1060 g/mol. The van der Waals surface area contributed by atoms with Crippen molar-refractivity contribution >= 4 is 68.9 Å². The van der Waals surface area contributed by atoms with Crippen molar-refractivity contribution in [3.8, 4) is 5.00 Å². The maximum Gasteiger partial charge on any atom is 0.250 e. The lowest BCUT2D eigenvalue weighted by molar-refractivity contribution is -0.123. The van der Waals surface area contributed by atoms with Crippen molar-refractivity contribution in [2.45, 2.75) is 72.4 Å². The van der Waals surface area contributed by atoms with E-state index in [1.807, 2.05) is 54.5 Å². The topological polar surface area (TPSA) is 241 Å². The molecular weight excluding hydrogens is 993 g/mol. The minimum Gasteiger partial charge on any atom is -0.379 e. The number of rotatable bonds is 27. The van der Waals surface area contributed by atoms with E-state index >= 15 is 4.39 Å². The number of aromatic nitrogens is 4. The number of nitrogens with two attached hydrogens (primary N) is 1. The maximum absolute atomic E-state index is 15.6. The van der Waals surface area contributed by atoms with Crippen LogP contribution in [0.1, 0.15) is 86.6 Å². The molecule has 5 aromatic rings. The van der Waals surface area contributed by atoms with Crippen LogP contribution in [0, 0.1) is 40.4 Å². The van der Waals surface area contributed by atoms with E-state index in [0.717, 1.165) is 57.3 Å². The molecule has 0 bridgehead atoms. The lowest BCUT2D eigenvalue weighted by atomic mass is 9.99. The summed E-state index contributed by atoms with van der Waals surface area (Å²) >= 11 is 7.88. The first-order valence-electron chi connectivity index (χ1n) is 24.9. The first kappa shape index (κ1) is 55.7. The van der Waals surface area contributed by atoms with Crippen LogP contribution < -0.4 is 31.9 Å². The van der Waals surface area contributed by atoms with Gasteiger partial charge in [-0.05, 0) is 76.8 Å². The number of aromatic amines is 1. The predicted octanol–water partition coefficient (Wildman–Crippen LogP) is 5.15. The molecule has 5 heterocycles. The van der Waals surface area contributed by atoms with Crippen LogP contribution >= 0.6 is 22.9 Å². The molecule has 0 saturated carbocycles. The van der Waals surface area contributed by atoms with Gasteiger partial charge in [-0.2, -0.15) is 0 Å². The van der Waals surface area contributed by atoms with E-state index in [0.29, 0.717) is 98.9 Å². The summed E-state index contributed by atoms with van der Waals surface area (Å²) in [4.78, 5) is 61.8. The van der Waals surface area contributed by atoms with Gasteiger partial charge in [-0.1, -0.05) is 30.3 Å². The van der Waals surface area contributed by atoms with Crippen molar-refractivity contribution in [3.05, 3.63) is 103 Å². The number of hydrogen-bond donors (Lipinski definition) is 6. The number of halogens is 2. The van der Waals surface area contributed by atoms with Gasteiger partial charge in [0, 0.05) is 89.4 Å². The number of H-pyrrole nitrogens is 1. The molecule has 74 heavy (non-hydrogen) atoms. The van der Waals surface area contributed by atoms with Gasteiger partial charge >= 0.3 is 0 Å². The SMILES string of the molecule is C=C(CN[C@H]1CCCN(c2c(F)cc(C(N)=O)c3[nH]c(C)c(C)c23)C1)C(=O)NCCNC(=O)CCOCCOCCOCCOCCNC(=O)CC1N=C(c2ccc(Cl)cc2)c2c(sc(C)c2C)-n2c(C)nnc21. The van der Waals surface area contributed by atoms with Crippen LogP contribution in [0.4, 0.5) is 10.1 Å². The second-order valence-corrected chi connectivity index (χ2v) is 19.9. The Kier molecular flexibility index (Phi) is 19.9. The van der Waals surface area contributed by atoms with Crippen LogP contribution in [0.5, 0.6) is 0 Å². The van der Waals surface area contributed by atoms with E-state index in [9.17, 15) is 19.2 Å². The highest BCUT2D eigenvalue weighted by atomic mass is 35.5. The van der Waals surface area contributed by atoms with Crippen molar-refractivity contribution in [1.29, 1.82) is 0 Å². The number of nitrogens with one attached hydrogen (secondary N) is 5.